The summed E-state index contributed by atoms with van der Waals surface area (Å²) < 4.78 is 11.2. The summed E-state index contributed by atoms with van der Waals surface area (Å²) in [7, 11) is 0. The van der Waals surface area contributed by atoms with Crippen molar-refractivity contribution in [2.24, 2.45) is 0 Å². The van der Waals surface area contributed by atoms with E-state index in [-0.39, 0.29) is 12.0 Å². The Bertz CT molecular complexity index is 668. The molecule has 0 spiro atoms. The Labute approximate surface area is 147 Å². The molecule has 6 nitrogen and oxygen atoms in total. The van der Waals surface area contributed by atoms with Crippen molar-refractivity contribution in [2.45, 2.75) is 32.3 Å². The van der Waals surface area contributed by atoms with Gasteiger partial charge in [-0.1, -0.05) is 12.1 Å². The molecule has 0 N–H and O–H groups in total. The van der Waals surface area contributed by atoms with Crippen LogP contribution in [0.25, 0.3) is 0 Å². The summed E-state index contributed by atoms with van der Waals surface area (Å²) in [6.45, 7) is 4.01. The van der Waals surface area contributed by atoms with Crippen LogP contribution in [0.2, 0.25) is 0 Å². The largest absolute Gasteiger partial charge is 0.494 e. The molecular formula is C19H23N3O3. The Kier molecular flexibility index (Phi) is 5.82. The summed E-state index contributed by atoms with van der Waals surface area (Å²) in [4.78, 5) is 22.5. The van der Waals surface area contributed by atoms with Crippen molar-refractivity contribution in [3.63, 3.8) is 0 Å². The predicted octanol–water partition coefficient (Wildman–Crippen LogP) is 2.49. The van der Waals surface area contributed by atoms with E-state index in [0.29, 0.717) is 32.0 Å². The van der Waals surface area contributed by atoms with E-state index in [2.05, 4.69) is 9.97 Å². The highest BCUT2D eigenvalue weighted by Gasteiger charge is 2.24. The monoisotopic (exact) mass is 341 g/mol. The lowest BCUT2D eigenvalue weighted by atomic mass is 10.1. The van der Waals surface area contributed by atoms with Crippen LogP contribution in [-0.2, 0) is 11.2 Å². The smallest absolute Gasteiger partial charge is 0.232 e. The molecule has 132 valence electrons. The molecule has 0 atom stereocenters. The zero-order chi connectivity index (χ0) is 17.5. The fourth-order valence-corrected chi connectivity index (χ4v) is 2.90. The van der Waals surface area contributed by atoms with Crippen LogP contribution in [0, 0.1) is 0 Å². The molecule has 2 heterocycles. The van der Waals surface area contributed by atoms with Crippen molar-refractivity contribution in [1.82, 2.24) is 14.9 Å². The Balaban J connectivity index is 1.46. The van der Waals surface area contributed by atoms with E-state index in [0.717, 1.165) is 24.2 Å². The van der Waals surface area contributed by atoms with Gasteiger partial charge in [-0.2, -0.15) is 0 Å². The van der Waals surface area contributed by atoms with Gasteiger partial charge in [0.15, 0.2) is 0 Å². The average molecular weight is 341 g/mol. The third kappa shape index (κ3) is 4.92. The van der Waals surface area contributed by atoms with E-state index in [9.17, 15) is 4.79 Å². The van der Waals surface area contributed by atoms with Gasteiger partial charge in [0.25, 0.3) is 0 Å². The second kappa shape index (κ2) is 8.46. The van der Waals surface area contributed by atoms with Gasteiger partial charge in [0.1, 0.15) is 11.9 Å². The number of hydrogen-bond donors (Lipinski definition) is 0. The molecular weight excluding hydrogens is 318 g/mol. The number of rotatable bonds is 6. The SMILES string of the molecule is CCOc1ccc(CC(=O)N2CCC(Oc3cnccn3)CC2)cc1. The van der Waals surface area contributed by atoms with Crippen LogP contribution in [0.15, 0.2) is 42.9 Å². The first-order valence-corrected chi connectivity index (χ1v) is 8.67. The molecule has 1 aliphatic rings. The number of hydrogen-bond acceptors (Lipinski definition) is 5. The molecule has 1 fully saturated rings. The third-order valence-corrected chi connectivity index (χ3v) is 4.21. The Morgan fingerprint density at radius 3 is 2.60 bits per heavy atom. The number of amides is 1. The van der Waals surface area contributed by atoms with Crippen molar-refractivity contribution in [3.05, 3.63) is 48.4 Å². The molecule has 25 heavy (non-hydrogen) atoms. The van der Waals surface area contributed by atoms with E-state index in [4.69, 9.17) is 9.47 Å². The Morgan fingerprint density at radius 2 is 1.96 bits per heavy atom. The van der Waals surface area contributed by atoms with Crippen molar-refractivity contribution in [2.75, 3.05) is 19.7 Å². The van der Waals surface area contributed by atoms with Crippen molar-refractivity contribution < 1.29 is 14.3 Å². The zero-order valence-electron chi connectivity index (χ0n) is 14.4. The fourth-order valence-electron chi connectivity index (χ4n) is 2.90. The highest BCUT2D eigenvalue weighted by molar-refractivity contribution is 5.78. The lowest BCUT2D eigenvalue weighted by molar-refractivity contribution is -0.132. The van der Waals surface area contributed by atoms with Crippen LogP contribution >= 0.6 is 0 Å². The molecule has 1 amide bonds. The Hall–Kier alpha value is -2.63. The van der Waals surface area contributed by atoms with Crippen LogP contribution in [0.4, 0.5) is 0 Å². The highest BCUT2D eigenvalue weighted by Crippen LogP contribution is 2.18. The number of carbonyl (C=O) groups excluding carboxylic acids is 1. The number of aromatic nitrogens is 2. The van der Waals surface area contributed by atoms with Crippen LogP contribution in [0.5, 0.6) is 11.6 Å². The fraction of sp³-hybridized carbons (Fsp3) is 0.421. The van der Waals surface area contributed by atoms with Crippen LogP contribution in [0.1, 0.15) is 25.3 Å². The molecule has 0 bridgehead atoms. The van der Waals surface area contributed by atoms with Crippen molar-refractivity contribution in [1.29, 1.82) is 0 Å². The van der Waals surface area contributed by atoms with Gasteiger partial charge in [-0.3, -0.25) is 9.78 Å². The number of likely N-dealkylation sites (tertiary alicyclic amines) is 1. The van der Waals surface area contributed by atoms with Gasteiger partial charge in [0, 0.05) is 38.3 Å². The average Bonchev–Trinajstić information content (AvgIpc) is 2.65. The summed E-state index contributed by atoms with van der Waals surface area (Å²) >= 11 is 0. The number of nitrogens with zero attached hydrogens (tertiary/aromatic N) is 3. The number of benzene rings is 1. The van der Waals surface area contributed by atoms with Crippen LogP contribution in [-0.4, -0.2) is 46.6 Å². The normalized spacial score (nSPS) is 15.0. The van der Waals surface area contributed by atoms with Gasteiger partial charge in [-0.25, -0.2) is 4.98 Å². The van der Waals surface area contributed by atoms with E-state index < -0.39 is 0 Å². The van der Waals surface area contributed by atoms with Crippen LogP contribution < -0.4 is 9.47 Å². The maximum absolute atomic E-state index is 12.5. The second-order valence-electron chi connectivity index (χ2n) is 6.00. The van der Waals surface area contributed by atoms with E-state index >= 15 is 0 Å². The van der Waals surface area contributed by atoms with E-state index in [1.807, 2.05) is 36.1 Å². The van der Waals surface area contributed by atoms with Gasteiger partial charge in [0.2, 0.25) is 11.8 Å². The molecule has 1 aromatic heterocycles. The maximum Gasteiger partial charge on any atom is 0.232 e. The lowest BCUT2D eigenvalue weighted by Crippen LogP contribution is -2.42. The molecule has 0 saturated carbocycles. The minimum absolute atomic E-state index is 0.0891. The van der Waals surface area contributed by atoms with Gasteiger partial charge in [0.05, 0.1) is 19.2 Å². The molecule has 0 aliphatic carbocycles. The molecule has 0 unspecified atom stereocenters. The summed E-state index contributed by atoms with van der Waals surface area (Å²) in [5, 5.41) is 0. The standard InChI is InChI=1S/C19H23N3O3/c1-2-24-16-5-3-15(4-6-16)13-19(23)22-11-7-17(8-12-22)25-18-14-20-9-10-21-18/h3-6,9-10,14,17H,2,7-8,11-13H2,1H3. The predicted molar refractivity (Wildman–Crippen MR) is 93.6 cm³/mol. The molecule has 3 rings (SSSR count). The first-order chi connectivity index (χ1) is 12.2. The van der Waals surface area contributed by atoms with Gasteiger partial charge < -0.3 is 14.4 Å². The minimum Gasteiger partial charge on any atom is -0.494 e. The summed E-state index contributed by atoms with van der Waals surface area (Å²) in [5.41, 5.74) is 1.01. The van der Waals surface area contributed by atoms with Gasteiger partial charge in [-0.15, -0.1) is 0 Å². The molecule has 2 aromatic rings. The molecule has 1 aromatic carbocycles. The highest BCUT2D eigenvalue weighted by atomic mass is 16.5. The first-order valence-electron chi connectivity index (χ1n) is 8.67. The van der Waals surface area contributed by atoms with Crippen molar-refractivity contribution >= 4 is 5.91 Å². The van der Waals surface area contributed by atoms with Crippen molar-refractivity contribution in [3.8, 4) is 11.6 Å². The number of piperidine rings is 1. The minimum atomic E-state index is 0.0891. The summed E-state index contributed by atoms with van der Waals surface area (Å²) in [6.07, 6.45) is 6.98. The quantitative estimate of drug-likeness (QED) is 0.808. The zero-order valence-corrected chi connectivity index (χ0v) is 14.4. The third-order valence-electron chi connectivity index (χ3n) is 4.21. The topological polar surface area (TPSA) is 64.5 Å². The van der Waals surface area contributed by atoms with Gasteiger partial charge in [-0.05, 0) is 24.6 Å². The maximum atomic E-state index is 12.5. The van der Waals surface area contributed by atoms with Crippen LogP contribution in [0.3, 0.4) is 0 Å². The summed E-state index contributed by atoms with van der Waals surface area (Å²) in [6, 6.07) is 7.72. The molecule has 1 aliphatic heterocycles. The first kappa shape index (κ1) is 17.2. The molecule has 1 saturated heterocycles. The van der Waals surface area contributed by atoms with Gasteiger partial charge >= 0.3 is 0 Å². The van der Waals surface area contributed by atoms with E-state index in [1.165, 1.54) is 0 Å². The number of ether oxygens (including phenoxy) is 2. The second-order valence-corrected chi connectivity index (χ2v) is 6.00. The van der Waals surface area contributed by atoms with E-state index in [1.54, 1.807) is 18.6 Å². The summed E-state index contributed by atoms with van der Waals surface area (Å²) in [5.74, 6) is 1.53. The molecule has 6 heteroatoms. The lowest BCUT2D eigenvalue weighted by Gasteiger charge is -2.32. The number of carbonyl (C=O) groups is 1. The Morgan fingerprint density at radius 1 is 1.20 bits per heavy atom. The molecule has 0 radical (unpaired) electrons.